The highest BCUT2D eigenvalue weighted by atomic mass is 19.1. The molecule has 340 valence electrons. The van der Waals surface area contributed by atoms with Crippen LogP contribution in [0.2, 0.25) is 0 Å². The van der Waals surface area contributed by atoms with E-state index in [1.807, 2.05) is 36.4 Å². The number of imidazole rings is 2. The van der Waals surface area contributed by atoms with E-state index < -0.39 is 41.8 Å². The van der Waals surface area contributed by atoms with Crippen LogP contribution in [0.1, 0.15) is 107 Å². The van der Waals surface area contributed by atoms with Gasteiger partial charge in [-0.3, -0.25) is 19.4 Å². The largest absolute Gasteiger partial charge is 0.453 e. The van der Waals surface area contributed by atoms with Crippen LogP contribution < -0.4 is 15.5 Å². The van der Waals surface area contributed by atoms with Crippen molar-refractivity contribution in [2.24, 2.45) is 0 Å². The molecule has 17 heteroatoms. The van der Waals surface area contributed by atoms with Crippen LogP contribution in [-0.2, 0) is 14.3 Å². The van der Waals surface area contributed by atoms with Crippen LogP contribution in [0, 0.1) is 11.6 Å². The zero-order valence-electron chi connectivity index (χ0n) is 36.3. The number of hydrogen-bond acceptors (Lipinski definition) is 9. The van der Waals surface area contributed by atoms with Gasteiger partial charge in [0.2, 0.25) is 5.91 Å². The Morgan fingerprint density at radius 1 is 0.697 bits per heavy atom. The number of halogens is 2. The molecule has 15 nitrogen and oxygen atoms in total. The van der Waals surface area contributed by atoms with Crippen LogP contribution in [-0.4, -0.2) is 91.8 Å². The summed E-state index contributed by atoms with van der Waals surface area (Å²) >= 11 is 0. The number of amides is 4. The molecule has 0 aliphatic carbocycles. The lowest BCUT2D eigenvalue weighted by Gasteiger charge is -2.33. The van der Waals surface area contributed by atoms with Gasteiger partial charge in [0.25, 0.3) is 11.8 Å². The lowest BCUT2D eigenvalue weighted by atomic mass is 9.93. The number of aromatic amines is 2. The van der Waals surface area contributed by atoms with Gasteiger partial charge in [0.15, 0.2) is 0 Å². The van der Waals surface area contributed by atoms with Crippen molar-refractivity contribution in [3.8, 4) is 11.3 Å². The molecular formula is C49H50F2N10O5. The van der Waals surface area contributed by atoms with E-state index in [4.69, 9.17) is 9.72 Å². The lowest BCUT2D eigenvalue weighted by molar-refractivity contribution is -0.135. The third-order valence-electron chi connectivity index (χ3n) is 12.9. The second-order valence-corrected chi connectivity index (χ2v) is 16.9. The molecule has 0 bridgehead atoms. The molecule has 0 saturated carbocycles. The Hall–Kier alpha value is -7.43. The SMILES string of the molecule is COC(=O)N[C@@H](C(=O)N1CCC[C@H]1c1ncc(-c2cc(F)c(N3CCC(c4cnc([C@@H]5CCCN5C(=O)[C@H](NC(=O)c5cccnc5)c5ccccc5)[nH]4)CC3)c(F)c2)[nH]1)c1ccccc1. The number of ether oxygens (including phenoxy) is 1. The van der Waals surface area contributed by atoms with Crippen molar-refractivity contribution in [3.63, 3.8) is 0 Å². The first-order valence-electron chi connectivity index (χ1n) is 22.3. The average Bonchev–Trinajstić information content (AvgIpc) is 4.21. The van der Waals surface area contributed by atoms with Gasteiger partial charge in [0.1, 0.15) is 41.1 Å². The summed E-state index contributed by atoms with van der Waals surface area (Å²) in [4.78, 5) is 78.9. The summed E-state index contributed by atoms with van der Waals surface area (Å²) in [5.74, 6) is -1.15. The monoisotopic (exact) mass is 896 g/mol. The predicted octanol–water partition coefficient (Wildman–Crippen LogP) is 7.45. The van der Waals surface area contributed by atoms with E-state index in [2.05, 4.69) is 30.6 Å². The second-order valence-electron chi connectivity index (χ2n) is 16.9. The molecule has 4 amide bonds. The van der Waals surface area contributed by atoms with Crippen LogP contribution in [0.5, 0.6) is 0 Å². The summed E-state index contributed by atoms with van der Waals surface area (Å²) in [5, 5.41) is 5.59. The second kappa shape index (κ2) is 19.4. The number of pyridine rings is 1. The Kier molecular flexibility index (Phi) is 12.8. The molecule has 66 heavy (non-hydrogen) atoms. The van der Waals surface area contributed by atoms with Gasteiger partial charge in [-0.1, -0.05) is 60.7 Å². The third-order valence-corrected chi connectivity index (χ3v) is 12.9. The van der Waals surface area contributed by atoms with Crippen LogP contribution in [0.15, 0.2) is 110 Å². The van der Waals surface area contributed by atoms with Crippen molar-refractivity contribution in [2.75, 3.05) is 38.2 Å². The van der Waals surface area contributed by atoms with E-state index >= 15 is 8.78 Å². The molecule has 3 saturated heterocycles. The number of nitrogens with one attached hydrogen (secondary N) is 4. The van der Waals surface area contributed by atoms with E-state index in [1.165, 1.54) is 31.6 Å². The Bertz CT molecular complexity index is 2650. The Balaban J connectivity index is 0.844. The van der Waals surface area contributed by atoms with Gasteiger partial charge in [0.05, 0.1) is 36.6 Å². The number of piperidine rings is 1. The number of methoxy groups -OCH3 is 1. The van der Waals surface area contributed by atoms with Crippen molar-refractivity contribution in [1.82, 2.24) is 45.4 Å². The van der Waals surface area contributed by atoms with Gasteiger partial charge >= 0.3 is 6.09 Å². The minimum Gasteiger partial charge on any atom is -0.453 e. The molecule has 0 unspecified atom stereocenters. The first kappa shape index (κ1) is 43.8. The summed E-state index contributed by atoms with van der Waals surface area (Å²) in [7, 11) is 1.24. The normalized spacial score (nSPS) is 18.5. The minimum atomic E-state index is -0.980. The molecular weight excluding hydrogens is 847 g/mol. The molecule has 4 atom stereocenters. The van der Waals surface area contributed by atoms with E-state index in [1.54, 1.807) is 63.5 Å². The van der Waals surface area contributed by atoms with Crippen molar-refractivity contribution in [1.29, 1.82) is 0 Å². The number of likely N-dealkylation sites (tertiary alicyclic amines) is 2. The molecule has 0 radical (unpaired) electrons. The highest BCUT2D eigenvalue weighted by Crippen LogP contribution is 2.39. The van der Waals surface area contributed by atoms with Crippen LogP contribution >= 0.6 is 0 Å². The maximum absolute atomic E-state index is 16.0. The zero-order valence-corrected chi connectivity index (χ0v) is 36.3. The Morgan fingerprint density at radius 3 is 1.85 bits per heavy atom. The number of anilines is 1. The summed E-state index contributed by atoms with van der Waals surface area (Å²) < 4.78 is 36.7. The van der Waals surface area contributed by atoms with Gasteiger partial charge in [0, 0.05) is 61.9 Å². The van der Waals surface area contributed by atoms with Crippen LogP contribution in [0.3, 0.4) is 0 Å². The average molecular weight is 897 g/mol. The summed E-state index contributed by atoms with van der Waals surface area (Å²) in [5.41, 5.74) is 3.12. The molecule has 3 aromatic carbocycles. The van der Waals surface area contributed by atoms with Gasteiger partial charge in [-0.05, 0) is 73.9 Å². The number of hydrogen-bond donors (Lipinski definition) is 4. The van der Waals surface area contributed by atoms with Crippen molar-refractivity contribution < 1.29 is 32.7 Å². The molecule has 0 spiro atoms. The fourth-order valence-corrected chi connectivity index (χ4v) is 9.53. The van der Waals surface area contributed by atoms with Crippen molar-refractivity contribution in [3.05, 3.63) is 155 Å². The molecule has 4 N–H and O–H groups in total. The third kappa shape index (κ3) is 9.10. The molecule has 3 fully saturated rings. The molecule has 3 aliphatic heterocycles. The number of alkyl carbamates (subject to hydrolysis) is 1. The number of H-pyrrole nitrogens is 2. The number of carbonyl (C=O) groups is 4. The fourth-order valence-electron chi connectivity index (χ4n) is 9.53. The maximum Gasteiger partial charge on any atom is 0.407 e. The molecule has 3 aliphatic rings. The first-order chi connectivity index (χ1) is 32.2. The maximum atomic E-state index is 16.0. The number of carbonyl (C=O) groups excluding carboxylic acids is 4. The van der Waals surface area contributed by atoms with Gasteiger partial charge < -0.3 is 40.0 Å². The van der Waals surface area contributed by atoms with Gasteiger partial charge in [-0.25, -0.2) is 23.5 Å². The fraction of sp³-hybridized carbons (Fsp3) is 0.327. The number of nitrogens with zero attached hydrogens (tertiary/aromatic N) is 6. The Morgan fingerprint density at radius 2 is 1.27 bits per heavy atom. The van der Waals surface area contributed by atoms with E-state index in [-0.39, 0.29) is 35.0 Å². The molecule has 3 aromatic heterocycles. The van der Waals surface area contributed by atoms with E-state index in [0.717, 1.165) is 12.1 Å². The van der Waals surface area contributed by atoms with E-state index in [9.17, 15) is 19.2 Å². The van der Waals surface area contributed by atoms with Crippen LogP contribution in [0.4, 0.5) is 19.3 Å². The number of benzene rings is 3. The smallest absolute Gasteiger partial charge is 0.407 e. The lowest BCUT2D eigenvalue weighted by Crippen LogP contribution is -2.43. The minimum absolute atomic E-state index is 0.0546. The van der Waals surface area contributed by atoms with Gasteiger partial charge in [-0.15, -0.1) is 0 Å². The van der Waals surface area contributed by atoms with Crippen molar-refractivity contribution in [2.45, 2.75) is 68.6 Å². The predicted molar refractivity (Wildman–Crippen MR) is 240 cm³/mol. The molecule has 6 heterocycles. The first-order valence-corrected chi connectivity index (χ1v) is 22.3. The van der Waals surface area contributed by atoms with E-state index in [0.29, 0.717) is 92.3 Å². The number of aromatic nitrogens is 5. The summed E-state index contributed by atoms with van der Waals surface area (Å²) in [6, 6.07) is 21.3. The summed E-state index contributed by atoms with van der Waals surface area (Å²) in [6.45, 7) is 1.76. The number of rotatable bonds is 12. The van der Waals surface area contributed by atoms with Gasteiger partial charge in [-0.2, -0.15) is 0 Å². The van der Waals surface area contributed by atoms with Crippen LogP contribution in [0.25, 0.3) is 11.3 Å². The Labute approximate surface area is 380 Å². The standard InChI is InChI=1S/C49H50F2N10O5/c1-66-49(65)58-42(32-13-6-3-7-14-32)48(64)61-22-10-17-40(61)45-54-29-38(56-45)34-25-35(50)43(36(51)26-34)59-23-18-30(19-24-59)37-28-53-44(55-37)39-16-9-21-60(39)47(63)41(31-11-4-2-5-12-31)57-46(62)33-15-8-20-52-27-33/h2-8,11-15,20,25-30,39-42H,9-10,16-19,21-24H2,1H3,(H,53,55)(H,54,56)(H,57,62)(H,58,65)/t39-,40-,41+,42+/m0/s1. The van der Waals surface area contributed by atoms with Crippen molar-refractivity contribution >= 4 is 29.5 Å². The zero-order chi connectivity index (χ0) is 45.7. The topological polar surface area (TPSA) is 182 Å². The summed E-state index contributed by atoms with van der Waals surface area (Å²) in [6.07, 6.45) is 9.64. The highest BCUT2D eigenvalue weighted by molar-refractivity contribution is 5.97. The molecule has 9 rings (SSSR count). The highest BCUT2D eigenvalue weighted by Gasteiger charge is 2.39. The molecule has 6 aromatic rings. The quantitative estimate of drug-likeness (QED) is 0.0970.